The van der Waals surface area contributed by atoms with Crippen LogP contribution in [0.1, 0.15) is 31.2 Å². The average Bonchev–Trinajstić information content (AvgIpc) is 2.91. The van der Waals surface area contributed by atoms with E-state index in [-0.39, 0.29) is 0 Å². The predicted octanol–water partition coefficient (Wildman–Crippen LogP) is 1.93. The van der Waals surface area contributed by atoms with Crippen LogP contribution in [0.2, 0.25) is 0 Å². The Bertz CT molecular complexity index is 422. The van der Waals surface area contributed by atoms with Gasteiger partial charge in [-0.1, -0.05) is 37.3 Å². The van der Waals surface area contributed by atoms with E-state index in [0.29, 0.717) is 12.6 Å². The minimum atomic E-state index is -0.762. The Morgan fingerprint density at radius 1 is 1.45 bits per heavy atom. The lowest BCUT2D eigenvalue weighted by molar-refractivity contribution is -0.138. The molecule has 1 aromatic carbocycles. The number of rotatable bonds is 7. The number of nitrogens with zero attached hydrogens (tertiary/aromatic N) is 1. The third-order valence-corrected chi connectivity index (χ3v) is 4.13. The quantitative estimate of drug-likeness (QED) is 0.799. The van der Waals surface area contributed by atoms with E-state index in [2.05, 4.69) is 17.1 Å². The van der Waals surface area contributed by atoms with E-state index >= 15 is 0 Å². The van der Waals surface area contributed by atoms with Gasteiger partial charge in [-0.25, -0.2) is 0 Å². The van der Waals surface area contributed by atoms with Gasteiger partial charge in [-0.05, 0) is 31.5 Å². The van der Waals surface area contributed by atoms with Gasteiger partial charge in [0.05, 0.1) is 5.92 Å². The number of benzene rings is 1. The van der Waals surface area contributed by atoms with Crippen molar-refractivity contribution in [1.82, 2.24) is 10.2 Å². The molecule has 1 aliphatic heterocycles. The van der Waals surface area contributed by atoms with Crippen molar-refractivity contribution in [3.05, 3.63) is 35.9 Å². The molecule has 0 aromatic heterocycles. The van der Waals surface area contributed by atoms with Crippen LogP contribution in [-0.4, -0.2) is 48.2 Å². The van der Waals surface area contributed by atoms with Gasteiger partial charge in [0.1, 0.15) is 0 Å². The third-order valence-electron chi connectivity index (χ3n) is 4.13. The Morgan fingerprint density at radius 2 is 2.20 bits per heavy atom. The van der Waals surface area contributed by atoms with Crippen molar-refractivity contribution in [1.29, 1.82) is 0 Å². The maximum absolute atomic E-state index is 11.4. The van der Waals surface area contributed by atoms with Crippen molar-refractivity contribution in [2.75, 3.05) is 26.2 Å². The molecule has 4 nitrogen and oxygen atoms in total. The Morgan fingerprint density at radius 3 is 2.85 bits per heavy atom. The first kappa shape index (κ1) is 15.0. The first-order chi connectivity index (χ1) is 9.72. The molecule has 20 heavy (non-hydrogen) atoms. The second-order valence-electron chi connectivity index (χ2n) is 5.38. The summed E-state index contributed by atoms with van der Waals surface area (Å²) < 4.78 is 0. The number of hydrogen-bond acceptors (Lipinski definition) is 3. The highest BCUT2D eigenvalue weighted by Gasteiger charge is 2.24. The second kappa shape index (κ2) is 7.41. The summed E-state index contributed by atoms with van der Waals surface area (Å²) in [6.45, 7) is 5.80. The van der Waals surface area contributed by atoms with E-state index < -0.39 is 11.9 Å². The molecule has 110 valence electrons. The van der Waals surface area contributed by atoms with E-state index in [9.17, 15) is 9.90 Å². The minimum Gasteiger partial charge on any atom is -0.481 e. The molecular weight excluding hydrogens is 252 g/mol. The molecule has 2 atom stereocenters. The molecular formula is C16H24N2O2. The van der Waals surface area contributed by atoms with Crippen LogP contribution >= 0.6 is 0 Å². The third kappa shape index (κ3) is 3.81. The highest BCUT2D eigenvalue weighted by molar-refractivity contribution is 5.76. The molecule has 0 amide bonds. The van der Waals surface area contributed by atoms with E-state index in [1.807, 2.05) is 30.3 Å². The minimum absolute atomic E-state index is 0.465. The number of carboxylic acids is 1. The lowest BCUT2D eigenvalue weighted by Crippen LogP contribution is -2.39. The van der Waals surface area contributed by atoms with Gasteiger partial charge in [0.2, 0.25) is 0 Å². The van der Waals surface area contributed by atoms with Gasteiger partial charge in [0.25, 0.3) is 0 Å². The molecule has 1 aromatic rings. The fourth-order valence-corrected chi connectivity index (χ4v) is 2.97. The molecule has 1 fully saturated rings. The number of likely N-dealkylation sites (tertiary alicyclic amines) is 1. The first-order valence-corrected chi connectivity index (χ1v) is 7.45. The maximum atomic E-state index is 11.4. The Labute approximate surface area is 120 Å². The molecule has 1 heterocycles. The summed E-state index contributed by atoms with van der Waals surface area (Å²) in [5, 5.41) is 12.7. The van der Waals surface area contributed by atoms with Crippen molar-refractivity contribution in [3.63, 3.8) is 0 Å². The van der Waals surface area contributed by atoms with E-state index in [4.69, 9.17) is 0 Å². The van der Waals surface area contributed by atoms with Gasteiger partial charge in [-0.2, -0.15) is 0 Å². The topological polar surface area (TPSA) is 52.6 Å². The van der Waals surface area contributed by atoms with Crippen molar-refractivity contribution < 1.29 is 9.90 Å². The number of nitrogens with one attached hydrogen (secondary N) is 1. The maximum Gasteiger partial charge on any atom is 0.312 e. The normalized spacial score (nSPS) is 20.9. The standard InChI is InChI=1S/C16H24N2O2/c1-2-18-10-6-9-14(18)11-17-12-15(16(19)20)13-7-4-3-5-8-13/h3-5,7-8,14-15,17H,2,6,9-12H2,1H3,(H,19,20). The van der Waals surface area contributed by atoms with E-state index in [1.165, 1.54) is 19.4 Å². The Kier molecular flexibility index (Phi) is 5.56. The number of aliphatic carboxylic acids is 1. The number of hydrogen-bond donors (Lipinski definition) is 2. The lowest BCUT2D eigenvalue weighted by Gasteiger charge is -2.24. The smallest absolute Gasteiger partial charge is 0.312 e. The summed E-state index contributed by atoms with van der Waals surface area (Å²) in [5.41, 5.74) is 0.867. The summed E-state index contributed by atoms with van der Waals surface area (Å²) in [6.07, 6.45) is 2.46. The second-order valence-corrected chi connectivity index (χ2v) is 5.38. The van der Waals surface area contributed by atoms with Crippen molar-refractivity contribution in [2.24, 2.45) is 0 Å². The van der Waals surface area contributed by atoms with Gasteiger partial charge >= 0.3 is 5.97 Å². The molecule has 1 aliphatic rings. The van der Waals surface area contributed by atoms with Crippen LogP contribution in [0.5, 0.6) is 0 Å². The van der Waals surface area contributed by atoms with Crippen LogP contribution in [0.15, 0.2) is 30.3 Å². The summed E-state index contributed by atoms with van der Waals surface area (Å²) in [4.78, 5) is 13.9. The molecule has 2 rings (SSSR count). The molecule has 2 N–H and O–H groups in total. The fourth-order valence-electron chi connectivity index (χ4n) is 2.97. The highest BCUT2D eigenvalue weighted by Crippen LogP contribution is 2.17. The number of carboxylic acid groups (broad SMARTS) is 1. The molecule has 0 bridgehead atoms. The molecule has 0 saturated carbocycles. The van der Waals surface area contributed by atoms with Gasteiger partial charge in [-0.3, -0.25) is 9.69 Å². The van der Waals surface area contributed by atoms with Gasteiger partial charge < -0.3 is 10.4 Å². The van der Waals surface area contributed by atoms with Crippen LogP contribution in [-0.2, 0) is 4.79 Å². The predicted molar refractivity (Wildman–Crippen MR) is 80.0 cm³/mol. The first-order valence-electron chi connectivity index (χ1n) is 7.45. The van der Waals surface area contributed by atoms with Crippen molar-refractivity contribution >= 4 is 5.97 Å². The molecule has 0 aliphatic carbocycles. The van der Waals surface area contributed by atoms with Crippen LogP contribution in [0.3, 0.4) is 0 Å². The van der Waals surface area contributed by atoms with Crippen LogP contribution in [0.25, 0.3) is 0 Å². The van der Waals surface area contributed by atoms with Crippen LogP contribution < -0.4 is 5.32 Å². The van der Waals surface area contributed by atoms with E-state index in [1.54, 1.807) is 0 Å². The van der Waals surface area contributed by atoms with Crippen LogP contribution in [0, 0.1) is 0 Å². The number of likely N-dealkylation sites (N-methyl/N-ethyl adjacent to an activating group) is 1. The molecule has 0 spiro atoms. The van der Waals surface area contributed by atoms with Crippen LogP contribution in [0.4, 0.5) is 0 Å². The summed E-state index contributed by atoms with van der Waals surface area (Å²) >= 11 is 0. The summed E-state index contributed by atoms with van der Waals surface area (Å²) in [7, 11) is 0. The SMILES string of the molecule is CCN1CCCC1CNCC(C(=O)O)c1ccccc1. The largest absolute Gasteiger partial charge is 0.481 e. The van der Waals surface area contributed by atoms with Gasteiger partial charge in [0, 0.05) is 19.1 Å². The summed E-state index contributed by atoms with van der Waals surface area (Å²) in [5.74, 6) is -1.23. The monoisotopic (exact) mass is 276 g/mol. The van der Waals surface area contributed by atoms with Gasteiger partial charge in [0.15, 0.2) is 0 Å². The van der Waals surface area contributed by atoms with Crippen molar-refractivity contribution in [3.8, 4) is 0 Å². The number of carbonyl (C=O) groups is 1. The Balaban J connectivity index is 1.86. The molecule has 0 radical (unpaired) electrons. The van der Waals surface area contributed by atoms with Crippen molar-refractivity contribution in [2.45, 2.75) is 31.7 Å². The fraction of sp³-hybridized carbons (Fsp3) is 0.562. The van der Waals surface area contributed by atoms with E-state index in [0.717, 1.165) is 18.7 Å². The highest BCUT2D eigenvalue weighted by atomic mass is 16.4. The zero-order chi connectivity index (χ0) is 14.4. The Hall–Kier alpha value is -1.39. The molecule has 2 unspecified atom stereocenters. The van der Waals surface area contributed by atoms with Gasteiger partial charge in [-0.15, -0.1) is 0 Å². The molecule has 1 saturated heterocycles. The zero-order valence-corrected chi connectivity index (χ0v) is 12.1. The molecule has 4 heteroatoms. The average molecular weight is 276 g/mol. The summed E-state index contributed by atoms with van der Waals surface area (Å²) in [6, 6.07) is 10.0. The lowest BCUT2D eigenvalue weighted by atomic mass is 9.99. The zero-order valence-electron chi connectivity index (χ0n) is 12.1.